The maximum Gasteiger partial charge on any atom is 0.251 e. The van der Waals surface area contributed by atoms with Gasteiger partial charge < -0.3 is 10.0 Å². The van der Waals surface area contributed by atoms with Crippen molar-refractivity contribution in [3.63, 3.8) is 0 Å². The molecular formula is C16H24N2O2. The summed E-state index contributed by atoms with van der Waals surface area (Å²) in [5, 5.41) is 9.32. The molecule has 1 unspecified atom stereocenters. The van der Waals surface area contributed by atoms with Crippen LogP contribution < -0.4 is 0 Å². The standard InChI is InChI=1S/C16H24N2O2/c1-3-14-4-6-15(7-5-14)12-17-8-10-18(11-9-17)16(20)13(2)19/h4-7,13,19H,3,8-12H2,1-2H3. The number of aliphatic hydroxyl groups excluding tert-OH is 1. The number of carbonyl (C=O) groups is 1. The molecule has 1 heterocycles. The molecule has 1 atom stereocenters. The van der Waals surface area contributed by atoms with E-state index in [9.17, 15) is 9.90 Å². The summed E-state index contributed by atoms with van der Waals surface area (Å²) >= 11 is 0. The quantitative estimate of drug-likeness (QED) is 0.901. The summed E-state index contributed by atoms with van der Waals surface area (Å²) in [6.07, 6.45) is 0.184. The molecule has 2 rings (SSSR count). The Morgan fingerprint density at radius 1 is 1.15 bits per heavy atom. The molecule has 1 amide bonds. The zero-order chi connectivity index (χ0) is 14.5. The van der Waals surface area contributed by atoms with Crippen molar-refractivity contribution < 1.29 is 9.90 Å². The van der Waals surface area contributed by atoms with Crippen LogP contribution in [0, 0.1) is 0 Å². The first-order valence-electron chi connectivity index (χ1n) is 7.37. The van der Waals surface area contributed by atoms with E-state index in [1.807, 2.05) is 0 Å². The number of piperazine rings is 1. The van der Waals surface area contributed by atoms with Crippen molar-refractivity contribution >= 4 is 5.91 Å². The van der Waals surface area contributed by atoms with E-state index in [2.05, 4.69) is 36.1 Å². The largest absolute Gasteiger partial charge is 0.384 e. The number of aryl methyl sites for hydroxylation is 1. The zero-order valence-electron chi connectivity index (χ0n) is 12.4. The number of rotatable bonds is 4. The molecule has 0 radical (unpaired) electrons. The van der Waals surface area contributed by atoms with Crippen LogP contribution in [-0.2, 0) is 17.8 Å². The van der Waals surface area contributed by atoms with Crippen molar-refractivity contribution in [2.24, 2.45) is 0 Å². The molecular weight excluding hydrogens is 252 g/mol. The maximum absolute atomic E-state index is 11.7. The lowest BCUT2D eigenvalue weighted by molar-refractivity contribution is -0.141. The molecule has 1 aliphatic rings. The van der Waals surface area contributed by atoms with E-state index in [0.717, 1.165) is 26.1 Å². The van der Waals surface area contributed by atoms with Gasteiger partial charge in [-0.3, -0.25) is 9.69 Å². The maximum atomic E-state index is 11.7. The van der Waals surface area contributed by atoms with E-state index in [4.69, 9.17) is 0 Å². The number of amides is 1. The van der Waals surface area contributed by atoms with Gasteiger partial charge in [-0.2, -0.15) is 0 Å². The molecule has 0 spiro atoms. The van der Waals surface area contributed by atoms with Gasteiger partial charge in [-0.05, 0) is 24.5 Å². The predicted molar refractivity (Wildman–Crippen MR) is 79.4 cm³/mol. The number of benzene rings is 1. The van der Waals surface area contributed by atoms with Crippen molar-refractivity contribution in [1.29, 1.82) is 0 Å². The van der Waals surface area contributed by atoms with E-state index in [0.29, 0.717) is 13.1 Å². The molecule has 1 N–H and O–H groups in total. The highest BCUT2D eigenvalue weighted by Crippen LogP contribution is 2.11. The summed E-state index contributed by atoms with van der Waals surface area (Å²) in [4.78, 5) is 15.8. The third-order valence-electron chi connectivity index (χ3n) is 3.88. The summed E-state index contributed by atoms with van der Waals surface area (Å²) in [7, 11) is 0. The van der Waals surface area contributed by atoms with E-state index < -0.39 is 6.10 Å². The molecule has 0 saturated carbocycles. The van der Waals surface area contributed by atoms with E-state index >= 15 is 0 Å². The van der Waals surface area contributed by atoms with Gasteiger partial charge in [0, 0.05) is 32.7 Å². The van der Waals surface area contributed by atoms with E-state index in [-0.39, 0.29) is 5.91 Å². The molecule has 0 aliphatic carbocycles. The predicted octanol–water partition coefficient (Wildman–Crippen LogP) is 1.27. The van der Waals surface area contributed by atoms with Gasteiger partial charge in [-0.1, -0.05) is 31.2 Å². The van der Waals surface area contributed by atoms with Gasteiger partial charge >= 0.3 is 0 Å². The minimum atomic E-state index is -0.886. The Morgan fingerprint density at radius 3 is 2.20 bits per heavy atom. The Kier molecular flexibility index (Phi) is 5.15. The van der Waals surface area contributed by atoms with Gasteiger partial charge in [0.1, 0.15) is 6.10 Å². The number of hydrogen-bond donors (Lipinski definition) is 1. The second kappa shape index (κ2) is 6.86. The first-order chi connectivity index (χ1) is 9.60. The molecule has 1 aromatic rings. The Labute approximate surface area is 121 Å². The first kappa shape index (κ1) is 15.0. The average molecular weight is 276 g/mol. The van der Waals surface area contributed by atoms with Crippen molar-refractivity contribution in [2.75, 3.05) is 26.2 Å². The minimum Gasteiger partial charge on any atom is -0.384 e. The van der Waals surface area contributed by atoms with Crippen LogP contribution in [0.25, 0.3) is 0 Å². The number of nitrogens with zero attached hydrogens (tertiary/aromatic N) is 2. The normalized spacial score (nSPS) is 18.1. The molecule has 4 nitrogen and oxygen atoms in total. The lowest BCUT2D eigenvalue weighted by Gasteiger charge is -2.35. The van der Waals surface area contributed by atoms with Crippen molar-refractivity contribution in [3.05, 3.63) is 35.4 Å². The SMILES string of the molecule is CCc1ccc(CN2CCN(C(=O)C(C)O)CC2)cc1. The van der Waals surface area contributed by atoms with Gasteiger partial charge in [0.15, 0.2) is 0 Å². The van der Waals surface area contributed by atoms with Crippen molar-refractivity contribution in [1.82, 2.24) is 9.80 Å². The van der Waals surface area contributed by atoms with Gasteiger partial charge in [0.05, 0.1) is 0 Å². The van der Waals surface area contributed by atoms with Crippen LogP contribution in [0.15, 0.2) is 24.3 Å². The van der Waals surface area contributed by atoms with Gasteiger partial charge in [-0.15, -0.1) is 0 Å². The van der Waals surface area contributed by atoms with Crippen LogP contribution >= 0.6 is 0 Å². The van der Waals surface area contributed by atoms with E-state index in [1.165, 1.54) is 18.1 Å². The average Bonchev–Trinajstić information content (AvgIpc) is 2.48. The Bertz CT molecular complexity index is 434. The summed E-state index contributed by atoms with van der Waals surface area (Å²) in [6.45, 7) is 7.77. The fourth-order valence-corrected chi connectivity index (χ4v) is 2.53. The second-order valence-electron chi connectivity index (χ2n) is 5.45. The smallest absolute Gasteiger partial charge is 0.251 e. The van der Waals surface area contributed by atoms with Crippen LogP contribution in [0.5, 0.6) is 0 Å². The van der Waals surface area contributed by atoms with E-state index in [1.54, 1.807) is 4.90 Å². The van der Waals surface area contributed by atoms with Gasteiger partial charge in [-0.25, -0.2) is 0 Å². The minimum absolute atomic E-state index is 0.156. The highest BCUT2D eigenvalue weighted by molar-refractivity contribution is 5.80. The molecule has 1 aliphatic heterocycles. The van der Waals surface area contributed by atoms with Crippen molar-refractivity contribution in [2.45, 2.75) is 32.9 Å². The topological polar surface area (TPSA) is 43.8 Å². The second-order valence-corrected chi connectivity index (χ2v) is 5.45. The highest BCUT2D eigenvalue weighted by atomic mass is 16.3. The lowest BCUT2D eigenvalue weighted by Crippen LogP contribution is -2.50. The molecule has 1 fully saturated rings. The molecule has 1 aromatic carbocycles. The molecule has 0 bridgehead atoms. The summed E-state index contributed by atoms with van der Waals surface area (Å²) < 4.78 is 0. The van der Waals surface area contributed by atoms with Crippen LogP contribution in [0.3, 0.4) is 0 Å². The summed E-state index contributed by atoms with van der Waals surface area (Å²) in [5.41, 5.74) is 2.68. The third kappa shape index (κ3) is 3.81. The Hall–Kier alpha value is -1.39. The fraction of sp³-hybridized carbons (Fsp3) is 0.562. The molecule has 110 valence electrons. The first-order valence-corrected chi connectivity index (χ1v) is 7.37. The molecule has 1 saturated heterocycles. The number of hydrogen-bond acceptors (Lipinski definition) is 3. The van der Waals surface area contributed by atoms with Crippen molar-refractivity contribution in [3.8, 4) is 0 Å². The monoisotopic (exact) mass is 276 g/mol. The van der Waals surface area contributed by atoms with Crippen LogP contribution in [0.1, 0.15) is 25.0 Å². The molecule has 20 heavy (non-hydrogen) atoms. The van der Waals surface area contributed by atoms with Crippen LogP contribution in [0.2, 0.25) is 0 Å². The zero-order valence-corrected chi connectivity index (χ0v) is 12.4. The van der Waals surface area contributed by atoms with Crippen LogP contribution in [0.4, 0.5) is 0 Å². The summed E-state index contributed by atoms with van der Waals surface area (Å²) in [5.74, 6) is -0.156. The Balaban J connectivity index is 1.83. The summed E-state index contributed by atoms with van der Waals surface area (Å²) in [6, 6.07) is 8.74. The molecule has 0 aromatic heterocycles. The Morgan fingerprint density at radius 2 is 1.70 bits per heavy atom. The lowest BCUT2D eigenvalue weighted by atomic mass is 10.1. The van der Waals surface area contributed by atoms with Gasteiger partial charge in [0.25, 0.3) is 5.91 Å². The van der Waals surface area contributed by atoms with Crippen LogP contribution in [-0.4, -0.2) is 53.1 Å². The molecule has 4 heteroatoms. The highest BCUT2D eigenvalue weighted by Gasteiger charge is 2.23. The number of carbonyl (C=O) groups excluding carboxylic acids is 1. The third-order valence-corrected chi connectivity index (χ3v) is 3.88. The van der Waals surface area contributed by atoms with Gasteiger partial charge in [0.2, 0.25) is 0 Å². The fourth-order valence-electron chi connectivity index (χ4n) is 2.53. The number of aliphatic hydroxyl groups is 1.